The summed E-state index contributed by atoms with van der Waals surface area (Å²) in [5.74, 6) is 0.0130. The SMILES string of the molecule is CN(C)c1ccc(C(=O)N2CCCC(O)C2)cc1. The van der Waals surface area contributed by atoms with Crippen molar-refractivity contribution in [1.29, 1.82) is 0 Å². The summed E-state index contributed by atoms with van der Waals surface area (Å²) in [6.07, 6.45) is 1.30. The van der Waals surface area contributed by atoms with E-state index < -0.39 is 0 Å². The second-order valence-corrected chi connectivity index (χ2v) is 4.99. The fourth-order valence-electron chi connectivity index (χ4n) is 2.22. The summed E-state index contributed by atoms with van der Waals surface area (Å²) in [6.45, 7) is 1.19. The average Bonchev–Trinajstić information content (AvgIpc) is 2.38. The number of carbonyl (C=O) groups excluding carboxylic acids is 1. The molecule has 1 unspecified atom stereocenters. The van der Waals surface area contributed by atoms with Crippen LogP contribution < -0.4 is 4.90 Å². The Morgan fingerprint density at radius 2 is 2.00 bits per heavy atom. The summed E-state index contributed by atoms with van der Waals surface area (Å²) in [7, 11) is 3.94. The zero-order valence-electron chi connectivity index (χ0n) is 11.0. The van der Waals surface area contributed by atoms with E-state index >= 15 is 0 Å². The van der Waals surface area contributed by atoms with Crippen LogP contribution in [0.25, 0.3) is 0 Å². The van der Waals surface area contributed by atoms with Crippen LogP contribution in [-0.4, -0.2) is 49.2 Å². The molecule has 0 aromatic heterocycles. The first-order valence-electron chi connectivity index (χ1n) is 6.32. The molecule has 4 nitrogen and oxygen atoms in total. The number of hydrogen-bond donors (Lipinski definition) is 1. The van der Waals surface area contributed by atoms with E-state index in [0.29, 0.717) is 12.1 Å². The van der Waals surface area contributed by atoms with Crippen molar-refractivity contribution in [3.63, 3.8) is 0 Å². The van der Waals surface area contributed by atoms with Crippen molar-refractivity contribution in [2.24, 2.45) is 0 Å². The molecule has 0 aliphatic carbocycles. The van der Waals surface area contributed by atoms with Crippen molar-refractivity contribution in [2.45, 2.75) is 18.9 Å². The normalized spacial score (nSPS) is 19.7. The molecule has 1 atom stereocenters. The summed E-state index contributed by atoms with van der Waals surface area (Å²) in [5.41, 5.74) is 1.76. The fraction of sp³-hybridized carbons (Fsp3) is 0.500. The summed E-state index contributed by atoms with van der Waals surface area (Å²) in [6, 6.07) is 7.57. The topological polar surface area (TPSA) is 43.8 Å². The predicted octanol–water partition coefficient (Wildman–Crippen LogP) is 1.35. The third-order valence-corrected chi connectivity index (χ3v) is 3.31. The van der Waals surface area contributed by atoms with E-state index in [9.17, 15) is 9.90 Å². The van der Waals surface area contributed by atoms with Crippen LogP contribution >= 0.6 is 0 Å². The number of aliphatic hydroxyl groups is 1. The van der Waals surface area contributed by atoms with E-state index in [4.69, 9.17) is 0 Å². The van der Waals surface area contributed by atoms with Gasteiger partial charge < -0.3 is 14.9 Å². The first-order valence-corrected chi connectivity index (χ1v) is 6.32. The molecule has 1 aliphatic rings. The summed E-state index contributed by atoms with van der Waals surface area (Å²) < 4.78 is 0. The smallest absolute Gasteiger partial charge is 0.253 e. The molecular formula is C14H20N2O2. The van der Waals surface area contributed by atoms with E-state index in [1.54, 1.807) is 4.90 Å². The average molecular weight is 248 g/mol. The van der Waals surface area contributed by atoms with Crippen LogP contribution in [0.3, 0.4) is 0 Å². The Balaban J connectivity index is 2.08. The molecule has 1 aromatic carbocycles. The quantitative estimate of drug-likeness (QED) is 0.859. The van der Waals surface area contributed by atoms with Crippen LogP contribution in [0, 0.1) is 0 Å². The zero-order chi connectivity index (χ0) is 13.1. The van der Waals surface area contributed by atoms with E-state index in [1.165, 1.54) is 0 Å². The zero-order valence-corrected chi connectivity index (χ0v) is 11.0. The molecule has 0 saturated carbocycles. The lowest BCUT2D eigenvalue weighted by Crippen LogP contribution is -2.42. The molecule has 1 aromatic rings. The molecule has 1 fully saturated rings. The molecule has 1 N–H and O–H groups in total. The van der Waals surface area contributed by atoms with Gasteiger partial charge in [-0.25, -0.2) is 0 Å². The Bertz CT molecular complexity index is 414. The highest BCUT2D eigenvalue weighted by molar-refractivity contribution is 5.94. The molecule has 18 heavy (non-hydrogen) atoms. The molecule has 1 saturated heterocycles. The van der Waals surface area contributed by atoms with Gasteiger partial charge in [-0.1, -0.05) is 0 Å². The number of amides is 1. The Kier molecular flexibility index (Phi) is 3.87. The highest BCUT2D eigenvalue weighted by atomic mass is 16.3. The molecule has 1 aliphatic heterocycles. The molecular weight excluding hydrogens is 228 g/mol. The maximum Gasteiger partial charge on any atom is 0.253 e. The maximum absolute atomic E-state index is 12.2. The van der Waals surface area contributed by atoms with E-state index in [-0.39, 0.29) is 12.0 Å². The van der Waals surface area contributed by atoms with Crippen LogP contribution in [0.4, 0.5) is 5.69 Å². The van der Waals surface area contributed by atoms with Gasteiger partial charge in [-0.15, -0.1) is 0 Å². The Morgan fingerprint density at radius 3 is 2.56 bits per heavy atom. The van der Waals surface area contributed by atoms with Crippen molar-refractivity contribution in [2.75, 3.05) is 32.1 Å². The molecule has 1 heterocycles. The van der Waals surface area contributed by atoms with Crippen LogP contribution in [0.2, 0.25) is 0 Å². The van der Waals surface area contributed by atoms with Gasteiger partial charge in [0, 0.05) is 38.4 Å². The summed E-state index contributed by atoms with van der Waals surface area (Å²) >= 11 is 0. The van der Waals surface area contributed by atoms with Crippen LogP contribution in [0.1, 0.15) is 23.2 Å². The number of piperidine rings is 1. The lowest BCUT2D eigenvalue weighted by molar-refractivity contribution is 0.0474. The third kappa shape index (κ3) is 2.82. The minimum atomic E-state index is -0.372. The van der Waals surface area contributed by atoms with Gasteiger partial charge in [-0.2, -0.15) is 0 Å². The van der Waals surface area contributed by atoms with Crippen LogP contribution in [0.15, 0.2) is 24.3 Å². The van der Waals surface area contributed by atoms with Crippen molar-refractivity contribution in [3.05, 3.63) is 29.8 Å². The van der Waals surface area contributed by atoms with Crippen molar-refractivity contribution < 1.29 is 9.90 Å². The number of rotatable bonds is 2. The highest BCUT2D eigenvalue weighted by Gasteiger charge is 2.22. The minimum absolute atomic E-state index is 0.0130. The first-order chi connectivity index (χ1) is 8.58. The number of β-amino-alcohol motifs (C(OH)–C–C–N with tert-alkyl or cyclic N) is 1. The van der Waals surface area contributed by atoms with Crippen LogP contribution in [-0.2, 0) is 0 Å². The monoisotopic (exact) mass is 248 g/mol. The number of nitrogens with zero attached hydrogens (tertiary/aromatic N) is 2. The van der Waals surface area contributed by atoms with Gasteiger partial charge in [0.2, 0.25) is 0 Å². The first kappa shape index (κ1) is 12.9. The van der Waals surface area contributed by atoms with Crippen LogP contribution in [0.5, 0.6) is 0 Å². The lowest BCUT2D eigenvalue weighted by atomic mass is 10.1. The number of aliphatic hydroxyl groups excluding tert-OH is 1. The summed E-state index contributed by atoms with van der Waals surface area (Å²) in [5, 5.41) is 9.59. The standard InChI is InChI=1S/C14H20N2O2/c1-15(2)12-7-5-11(6-8-12)14(18)16-9-3-4-13(17)10-16/h5-8,13,17H,3-4,9-10H2,1-2H3. The maximum atomic E-state index is 12.2. The molecule has 0 bridgehead atoms. The van der Waals surface area contributed by atoms with Gasteiger partial charge >= 0.3 is 0 Å². The number of likely N-dealkylation sites (tertiary alicyclic amines) is 1. The minimum Gasteiger partial charge on any atom is -0.391 e. The van der Waals surface area contributed by atoms with E-state index in [1.807, 2.05) is 43.3 Å². The number of carbonyl (C=O) groups is 1. The molecule has 0 spiro atoms. The van der Waals surface area contributed by atoms with Gasteiger partial charge in [0.25, 0.3) is 5.91 Å². The Morgan fingerprint density at radius 1 is 1.33 bits per heavy atom. The Labute approximate surface area is 108 Å². The summed E-state index contributed by atoms with van der Waals surface area (Å²) in [4.78, 5) is 16.0. The lowest BCUT2D eigenvalue weighted by Gasteiger charge is -2.30. The van der Waals surface area contributed by atoms with Crippen molar-refractivity contribution in [3.8, 4) is 0 Å². The largest absolute Gasteiger partial charge is 0.391 e. The van der Waals surface area contributed by atoms with Crippen molar-refractivity contribution >= 4 is 11.6 Å². The van der Waals surface area contributed by atoms with Gasteiger partial charge in [0.15, 0.2) is 0 Å². The number of anilines is 1. The third-order valence-electron chi connectivity index (χ3n) is 3.31. The van der Waals surface area contributed by atoms with Gasteiger partial charge in [0.1, 0.15) is 0 Å². The van der Waals surface area contributed by atoms with Crippen molar-refractivity contribution in [1.82, 2.24) is 4.90 Å². The molecule has 98 valence electrons. The fourth-order valence-corrected chi connectivity index (χ4v) is 2.22. The number of benzene rings is 1. The molecule has 4 heteroatoms. The number of hydrogen-bond acceptors (Lipinski definition) is 3. The van der Waals surface area contributed by atoms with E-state index in [0.717, 1.165) is 25.1 Å². The Hall–Kier alpha value is -1.55. The van der Waals surface area contributed by atoms with Gasteiger partial charge in [0.05, 0.1) is 6.10 Å². The highest BCUT2D eigenvalue weighted by Crippen LogP contribution is 2.16. The predicted molar refractivity (Wildman–Crippen MR) is 71.9 cm³/mol. The molecule has 1 amide bonds. The second kappa shape index (κ2) is 5.40. The van der Waals surface area contributed by atoms with E-state index in [2.05, 4.69) is 0 Å². The molecule has 0 radical (unpaired) electrons. The van der Waals surface area contributed by atoms with Gasteiger partial charge in [-0.05, 0) is 37.1 Å². The van der Waals surface area contributed by atoms with Gasteiger partial charge in [-0.3, -0.25) is 4.79 Å². The second-order valence-electron chi connectivity index (χ2n) is 4.99. The molecule has 2 rings (SSSR count).